The molecular weight excluding hydrogens is 801 g/mol. The van der Waals surface area contributed by atoms with Crippen LogP contribution in [0.4, 0.5) is 4.39 Å². The number of esters is 2. The Bertz CT molecular complexity index is 1590. The van der Waals surface area contributed by atoms with E-state index in [4.69, 9.17) is 9.47 Å². The van der Waals surface area contributed by atoms with Crippen LogP contribution >= 0.6 is 45.2 Å². The number of carbonyl (C=O) groups is 2. The minimum atomic E-state index is -0.562. The molecule has 4 aromatic rings. The normalized spacial score (nSPS) is 12.7. The number of fused-ring (bicyclic) bond motifs is 6. The Morgan fingerprint density at radius 3 is 1.68 bits per heavy atom. The van der Waals surface area contributed by atoms with E-state index in [9.17, 15) is 19.1 Å². The summed E-state index contributed by atoms with van der Waals surface area (Å²) in [5, 5.41) is 17.9. The SMILES string of the molecule is CCOC(=O)c1nn(CCF)c2c1CCc1cnc(I)nc1-2.CCOC(=O)c1nn(CCO)c2c1CCc1cnc(I)nc1-2. The molecule has 2 aliphatic rings. The van der Waals surface area contributed by atoms with Crippen molar-refractivity contribution in [1.29, 1.82) is 0 Å². The molecule has 6 rings (SSSR count). The fraction of sp³-hybridized carbons (Fsp3) is 0.429. The van der Waals surface area contributed by atoms with Gasteiger partial charge < -0.3 is 14.6 Å². The summed E-state index contributed by atoms with van der Waals surface area (Å²) < 4.78 is 27.4. The summed E-state index contributed by atoms with van der Waals surface area (Å²) in [5.41, 5.74) is 7.26. The molecule has 0 saturated carbocycles. The predicted molar refractivity (Wildman–Crippen MR) is 172 cm³/mol. The van der Waals surface area contributed by atoms with Gasteiger partial charge in [0.25, 0.3) is 0 Å². The quantitative estimate of drug-likeness (QED) is 0.158. The summed E-state index contributed by atoms with van der Waals surface area (Å²) in [6, 6.07) is 0. The van der Waals surface area contributed by atoms with Gasteiger partial charge in [-0.25, -0.2) is 33.9 Å². The van der Waals surface area contributed by atoms with Gasteiger partial charge in [0, 0.05) is 68.7 Å². The molecule has 232 valence electrons. The zero-order valence-electron chi connectivity index (χ0n) is 24.0. The molecule has 0 atom stereocenters. The van der Waals surface area contributed by atoms with Gasteiger partial charge in [0.1, 0.15) is 6.67 Å². The first-order valence-corrected chi connectivity index (χ1v) is 16.2. The van der Waals surface area contributed by atoms with Gasteiger partial charge in [-0.3, -0.25) is 9.36 Å². The lowest BCUT2D eigenvalue weighted by Crippen LogP contribution is -2.13. The Morgan fingerprint density at radius 1 is 0.818 bits per heavy atom. The molecule has 0 radical (unpaired) electrons. The number of aliphatic hydroxyl groups is 1. The number of aryl methyl sites for hydroxylation is 3. The largest absolute Gasteiger partial charge is 0.461 e. The van der Waals surface area contributed by atoms with Crippen molar-refractivity contribution in [3.8, 4) is 22.8 Å². The van der Waals surface area contributed by atoms with Gasteiger partial charge >= 0.3 is 11.9 Å². The topological polar surface area (TPSA) is 160 Å². The van der Waals surface area contributed by atoms with Gasteiger partial charge in [-0.1, -0.05) is 0 Å². The van der Waals surface area contributed by atoms with Crippen molar-refractivity contribution >= 4 is 57.1 Å². The maximum absolute atomic E-state index is 12.9. The first-order chi connectivity index (χ1) is 21.3. The van der Waals surface area contributed by atoms with Crippen LogP contribution in [0.15, 0.2) is 12.4 Å². The van der Waals surface area contributed by atoms with E-state index in [-0.39, 0.29) is 25.5 Å². The molecule has 0 unspecified atom stereocenters. The minimum absolute atomic E-state index is 0.0616. The second-order valence-corrected chi connectivity index (χ2v) is 11.6. The third-order valence-electron chi connectivity index (χ3n) is 7.05. The third kappa shape index (κ3) is 6.46. The lowest BCUT2D eigenvalue weighted by Gasteiger charge is -2.17. The first kappa shape index (κ1) is 32.3. The molecule has 4 heterocycles. The highest BCUT2D eigenvalue weighted by molar-refractivity contribution is 14.1. The van der Waals surface area contributed by atoms with Gasteiger partial charge in [0.05, 0.1) is 55.7 Å². The molecule has 0 aromatic carbocycles. The van der Waals surface area contributed by atoms with Crippen LogP contribution in [0.2, 0.25) is 0 Å². The third-order valence-corrected chi connectivity index (χ3v) is 8.09. The van der Waals surface area contributed by atoms with E-state index >= 15 is 0 Å². The number of aliphatic hydroxyl groups excluding tert-OH is 1. The van der Waals surface area contributed by atoms with Crippen molar-refractivity contribution in [1.82, 2.24) is 39.5 Å². The molecule has 2 aliphatic carbocycles. The highest BCUT2D eigenvalue weighted by Crippen LogP contribution is 2.35. The summed E-state index contributed by atoms with van der Waals surface area (Å²) in [6.45, 7) is 3.86. The number of aromatic nitrogens is 8. The lowest BCUT2D eigenvalue weighted by molar-refractivity contribution is 0.0507. The summed E-state index contributed by atoms with van der Waals surface area (Å²) in [4.78, 5) is 41.6. The average Bonchev–Trinajstić information content (AvgIpc) is 3.57. The van der Waals surface area contributed by atoms with Crippen molar-refractivity contribution < 1.29 is 28.6 Å². The summed E-state index contributed by atoms with van der Waals surface area (Å²) in [6.07, 6.45) is 6.42. The number of carbonyl (C=O) groups excluding carboxylic acids is 2. The molecular formula is C28H29FI2N8O5. The molecule has 0 fully saturated rings. The van der Waals surface area contributed by atoms with E-state index in [2.05, 4.69) is 52.7 Å². The summed E-state index contributed by atoms with van der Waals surface area (Å²) in [5.74, 6) is -0.897. The Balaban J connectivity index is 0.000000175. The molecule has 0 spiro atoms. The fourth-order valence-electron chi connectivity index (χ4n) is 5.29. The minimum Gasteiger partial charge on any atom is -0.461 e. The Hall–Kier alpha value is -3.13. The van der Waals surface area contributed by atoms with Crippen molar-refractivity contribution in [2.24, 2.45) is 0 Å². The van der Waals surface area contributed by atoms with Crippen LogP contribution in [0, 0.1) is 7.66 Å². The van der Waals surface area contributed by atoms with E-state index in [0.717, 1.165) is 52.2 Å². The molecule has 1 N–H and O–H groups in total. The number of alkyl halides is 1. The number of halogens is 3. The van der Waals surface area contributed by atoms with E-state index in [1.165, 1.54) is 4.68 Å². The molecule has 0 saturated heterocycles. The molecule has 13 nitrogen and oxygen atoms in total. The second kappa shape index (κ2) is 14.3. The van der Waals surface area contributed by atoms with Crippen LogP contribution in [-0.4, -0.2) is 83.0 Å². The zero-order valence-corrected chi connectivity index (χ0v) is 28.3. The number of hydrogen-bond donors (Lipinski definition) is 1. The fourth-order valence-corrected chi connectivity index (χ4v) is 6.05. The lowest BCUT2D eigenvalue weighted by atomic mass is 9.93. The summed E-state index contributed by atoms with van der Waals surface area (Å²) >= 11 is 4.09. The Labute approximate surface area is 279 Å². The number of rotatable bonds is 8. The summed E-state index contributed by atoms with van der Waals surface area (Å²) in [7, 11) is 0. The maximum atomic E-state index is 12.9. The van der Waals surface area contributed by atoms with Crippen LogP contribution in [0.25, 0.3) is 22.8 Å². The van der Waals surface area contributed by atoms with E-state index < -0.39 is 18.6 Å². The molecule has 0 aliphatic heterocycles. The van der Waals surface area contributed by atoms with Crippen LogP contribution in [0.3, 0.4) is 0 Å². The highest BCUT2D eigenvalue weighted by atomic mass is 127. The van der Waals surface area contributed by atoms with Gasteiger partial charge in [0.2, 0.25) is 0 Å². The standard InChI is InChI=1S/C14H14FIN4O2.C14H15IN4O3/c1-2-22-13(21)11-9-4-3-8-7-17-14(16)18-10(8)12(9)20(19-11)6-5-15;1-2-22-13(21)11-9-4-3-8-7-16-14(15)17-10(8)12(9)19(18-11)5-6-20/h7H,2-6H2,1H3;7,20H,2-6H2,1H3. The predicted octanol–water partition coefficient (Wildman–Crippen LogP) is 3.40. The van der Waals surface area contributed by atoms with Gasteiger partial charge in [0.15, 0.2) is 19.1 Å². The van der Waals surface area contributed by atoms with Gasteiger partial charge in [-0.15, -0.1) is 0 Å². The second-order valence-electron chi connectivity index (χ2n) is 9.68. The highest BCUT2D eigenvalue weighted by Gasteiger charge is 2.31. The number of hydrogen-bond acceptors (Lipinski definition) is 11. The first-order valence-electron chi connectivity index (χ1n) is 14.0. The number of ether oxygens (including phenoxy) is 2. The van der Waals surface area contributed by atoms with Crippen LogP contribution in [-0.2, 0) is 48.2 Å². The van der Waals surface area contributed by atoms with Gasteiger partial charge in [-0.05, 0) is 50.7 Å². The Kier molecular flexibility index (Phi) is 10.5. The smallest absolute Gasteiger partial charge is 0.359 e. The van der Waals surface area contributed by atoms with E-state index in [1.807, 2.05) is 28.8 Å². The van der Waals surface area contributed by atoms with E-state index in [0.29, 0.717) is 45.0 Å². The molecule has 16 heteroatoms. The van der Waals surface area contributed by atoms with Crippen molar-refractivity contribution in [2.45, 2.75) is 52.6 Å². The van der Waals surface area contributed by atoms with Crippen LogP contribution in [0.5, 0.6) is 0 Å². The molecule has 44 heavy (non-hydrogen) atoms. The zero-order chi connectivity index (χ0) is 31.4. The van der Waals surface area contributed by atoms with E-state index in [1.54, 1.807) is 24.7 Å². The number of nitrogens with zero attached hydrogens (tertiary/aromatic N) is 8. The van der Waals surface area contributed by atoms with Crippen LogP contribution < -0.4 is 0 Å². The van der Waals surface area contributed by atoms with Crippen molar-refractivity contribution in [2.75, 3.05) is 26.5 Å². The van der Waals surface area contributed by atoms with Crippen LogP contribution in [0.1, 0.15) is 57.1 Å². The molecule has 0 bridgehead atoms. The monoisotopic (exact) mass is 830 g/mol. The van der Waals surface area contributed by atoms with Gasteiger partial charge in [-0.2, -0.15) is 10.2 Å². The molecule has 4 aromatic heterocycles. The average molecular weight is 830 g/mol. The Morgan fingerprint density at radius 2 is 1.27 bits per heavy atom. The van der Waals surface area contributed by atoms with Crippen molar-refractivity contribution in [3.05, 3.63) is 53.7 Å². The van der Waals surface area contributed by atoms with Crippen molar-refractivity contribution in [3.63, 3.8) is 0 Å². The molecule has 0 amide bonds. The maximum Gasteiger partial charge on any atom is 0.359 e.